The summed E-state index contributed by atoms with van der Waals surface area (Å²) in [7, 11) is 0. The molecule has 0 unspecified atom stereocenters. The second-order valence-electron chi connectivity index (χ2n) is 7.38. The van der Waals surface area contributed by atoms with Gasteiger partial charge in [-0.25, -0.2) is 0 Å². The molecule has 6 heteroatoms. The summed E-state index contributed by atoms with van der Waals surface area (Å²) in [6.07, 6.45) is 1.83. The van der Waals surface area contributed by atoms with Crippen molar-refractivity contribution >= 4 is 34.8 Å². The van der Waals surface area contributed by atoms with Gasteiger partial charge in [-0.2, -0.15) is 0 Å². The van der Waals surface area contributed by atoms with E-state index in [1.807, 2.05) is 32.0 Å². The highest BCUT2D eigenvalue weighted by Gasteiger charge is 2.37. The van der Waals surface area contributed by atoms with Crippen molar-refractivity contribution in [1.29, 1.82) is 0 Å². The van der Waals surface area contributed by atoms with Gasteiger partial charge in [0.05, 0.1) is 17.5 Å². The van der Waals surface area contributed by atoms with Crippen molar-refractivity contribution in [2.75, 3.05) is 23.4 Å². The molecule has 5 nitrogen and oxygen atoms in total. The highest BCUT2D eigenvalue weighted by molar-refractivity contribution is 6.31. The van der Waals surface area contributed by atoms with Gasteiger partial charge < -0.3 is 15.0 Å². The molecule has 0 aliphatic carbocycles. The molecule has 2 aromatic rings. The molecular formula is C22H23ClN2O3. The summed E-state index contributed by atoms with van der Waals surface area (Å²) in [5.41, 5.74) is 1.30. The van der Waals surface area contributed by atoms with Crippen LogP contribution in [-0.2, 0) is 16.0 Å². The van der Waals surface area contributed by atoms with Gasteiger partial charge in [0.2, 0.25) is 11.8 Å². The molecule has 28 heavy (non-hydrogen) atoms. The number of halogens is 1. The molecule has 2 aromatic carbocycles. The number of carbonyl (C=O) groups is 2. The predicted octanol–water partition coefficient (Wildman–Crippen LogP) is 4.46. The molecule has 146 valence electrons. The second-order valence-corrected chi connectivity index (χ2v) is 7.78. The molecule has 1 aliphatic heterocycles. The Morgan fingerprint density at radius 2 is 2.07 bits per heavy atom. The van der Waals surface area contributed by atoms with E-state index in [9.17, 15) is 9.59 Å². The van der Waals surface area contributed by atoms with Crippen LogP contribution in [0.25, 0.3) is 0 Å². The largest absolute Gasteiger partial charge is 0.490 e. The normalized spacial score (nSPS) is 15.2. The van der Waals surface area contributed by atoms with Crippen LogP contribution in [0.4, 0.5) is 11.4 Å². The monoisotopic (exact) mass is 398 g/mol. The van der Waals surface area contributed by atoms with Crippen molar-refractivity contribution in [3.63, 3.8) is 0 Å². The summed E-state index contributed by atoms with van der Waals surface area (Å²) in [6, 6.07) is 12.5. The first kappa shape index (κ1) is 20.0. The van der Waals surface area contributed by atoms with Gasteiger partial charge in [0.1, 0.15) is 12.4 Å². The lowest BCUT2D eigenvalue weighted by atomic mass is 9.93. The molecule has 0 fully saturated rings. The van der Waals surface area contributed by atoms with Gasteiger partial charge in [0.15, 0.2) is 0 Å². The average Bonchev–Trinajstić information content (AvgIpc) is 2.74. The van der Waals surface area contributed by atoms with E-state index in [2.05, 4.69) is 11.9 Å². The molecule has 1 aliphatic rings. The van der Waals surface area contributed by atoms with E-state index in [0.29, 0.717) is 28.7 Å². The zero-order valence-electron chi connectivity index (χ0n) is 16.0. The quantitative estimate of drug-likeness (QED) is 0.756. The molecule has 0 saturated carbocycles. The average molecular weight is 399 g/mol. The molecule has 0 saturated heterocycles. The number of fused-ring (bicyclic) bond motifs is 1. The fraction of sp³-hybridized carbons (Fsp3) is 0.273. The topological polar surface area (TPSA) is 58.6 Å². The van der Waals surface area contributed by atoms with E-state index in [1.165, 1.54) is 0 Å². The van der Waals surface area contributed by atoms with Crippen LogP contribution in [0.2, 0.25) is 5.02 Å². The Labute approximate surface area is 169 Å². The lowest BCUT2D eigenvalue weighted by Gasteiger charge is -2.27. The zero-order valence-corrected chi connectivity index (χ0v) is 16.8. The van der Waals surface area contributed by atoms with Crippen LogP contribution >= 0.6 is 11.6 Å². The third kappa shape index (κ3) is 4.20. The summed E-state index contributed by atoms with van der Waals surface area (Å²) in [6.45, 7) is 8.09. The van der Waals surface area contributed by atoms with Gasteiger partial charge >= 0.3 is 0 Å². The van der Waals surface area contributed by atoms with Crippen LogP contribution < -0.4 is 15.0 Å². The molecule has 0 atom stereocenters. The minimum absolute atomic E-state index is 0.0503. The number of hydrogen-bond donors (Lipinski definition) is 1. The third-order valence-corrected chi connectivity index (χ3v) is 4.94. The number of ether oxygens (including phenoxy) is 1. The Morgan fingerprint density at radius 1 is 1.32 bits per heavy atom. The second kappa shape index (κ2) is 8.07. The van der Waals surface area contributed by atoms with Gasteiger partial charge in [-0.15, -0.1) is 6.58 Å². The van der Waals surface area contributed by atoms with Crippen molar-refractivity contribution in [3.8, 4) is 5.75 Å². The smallest absolute Gasteiger partial charge is 0.236 e. The van der Waals surface area contributed by atoms with Crippen molar-refractivity contribution < 1.29 is 14.3 Å². The SMILES string of the molecule is C=CCN1C(=O)C(C)(C)COc2ccc(NC(=O)Cc3ccccc3Cl)cc21. The molecular weight excluding hydrogens is 376 g/mol. The zero-order chi connectivity index (χ0) is 20.3. The highest BCUT2D eigenvalue weighted by Crippen LogP contribution is 2.38. The lowest BCUT2D eigenvalue weighted by molar-refractivity contribution is -0.127. The number of carbonyl (C=O) groups excluding carboxylic acids is 2. The summed E-state index contributed by atoms with van der Waals surface area (Å²) in [5, 5.41) is 3.42. The van der Waals surface area contributed by atoms with Gasteiger partial charge in [-0.05, 0) is 43.7 Å². The summed E-state index contributed by atoms with van der Waals surface area (Å²) in [5.74, 6) is 0.361. The van der Waals surface area contributed by atoms with Crippen molar-refractivity contribution in [2.45, 2.75) is 20.3 Å². The third-order valence-electron chi connectivity index (χ3n) is 4.57. The molecule has 0 bridgehead atoms. The van der Waals surface area contributed by atoms with Gasteiger partial charge in [-0.1, -0.05) is 35.9 Å². The number of nitrogens with one attached hydrogen (secondary N) is 1. The van der Waals surface area contributed by atoms with E-state index in [0.717, 1.165) is 5.56 Å². The molecule has 0 radical (unpaired) electrons. The maximum Gasteiger partial charge on any atom is 0.236 e. The fourth-order valence-electron chi connectivity index (χ4n) is 3.05. The van der Waals surface area contributed by atoms with Crippen molar-refractivity contribution in [3.05, 3.63) is 65.7 Å². The Morgan fingerprint density at radius 3 is 2.79 bits per heavy atom. The lowest BCUT2D eigenvalue weighted by Crippen LogP contribution is -2.42. The summed E-state index contributed by atoms with van der Waals surface area (Å²) in [4.78, 5) is 27.0. The van der Waals surface area contributed by atoms with E-state index in [4.69, 9.17) is 16.3 Å². The molecule has 1 heterocycles. The van der Waals surface area contributed by atoms with E-state index in [1.54, 1.807) is 35.2 Å². The Kier molecular flexibility index (Phi) is 5.75. The molecule has 0 aromatic heterocycles. The van der Waals surface area contributed by atoms with Crippen LogP contribution in [-0.4, -0.2) is 25.0 Å². The minimum atomic E-state index is -0.657. The van der Waals surface area contributed by atoms with Crippen LogP contribution in [0.1, 0.15) is 19.4 Å². The fourth-order valence-corrected chi connectivity index (χ4v) is 3.26. The van der Waals surface area contributed by atoms with Gasteiger partial charge in [-0.3, -0.25) is 9.59 Å². The minimum Gasteiger partial charge on any atom is -0.490 e. The van der Waals surface area contributed by atoms with E-state index >= 15 is 0 Å². The van der Waals surface area contributed by atoms with E-state index in [-0.39, 0.29) is 24.8 Å². The van der Waals surface area contributed by atoms with E-state index < -0.39 is 5.41 Å². The summed E-state index contributed by atoms with van der Waals surface area (Å²) < 4.78 is 5.86. The standard InChI is InChI=1S/C22H23ClN2O3/c1-4-11-25-18-13-16(9-10-19(18)28-14-22(2,3)21(25)27)24-20(26)12-15-7-5-6-8-17(15)23/h4-10,13H,1,11-12,14H2,2-3H3,(H,24,26). The molecule has 2 amide bonds. The maximum absolute atomic E-state index is 12.9. The number of benzene rings is 2. The van der Waals surface area contributed by atoms with Crippen LogP contribution in [0.15, 0.2) is 55.1 Å². The van der Waals surface area contributed by atoms with Crippen LogP contribution in [0.3, 0.4) is 0 Å². The maximum atomic E-state index is 12.9. The number of nitrogens with zero attached hydrogens (tertiary/aromatic N) is 1. The number of anilines is 2. The Bertz CT molecular complexity index is 924. The number of rotatable bonds is 5. The molecule has 3 rings (SSSR count). The first-order valence-corrected chi connectivity index (χ1v) is 9.42. The Balaban J connectivity index is 1.85. The van der Waals surface area contributed by atoms with Gasteiger partial charge in [0, 0.05) is 17.3 Å². The Hall–Kier alpha value is -2.79. The summed E-state index contributed by atoms with van der Waals surface area (Å²) >= 11 is 6.13. The van der Waals surface area contributed by atoms with Crippen molar-refractivity contribution in [2.24, 2.45) is 5.41 Å². The van der Waals surface area contributed by atoms with Crippen molar-refractivity contribution in [1.82, 2.24) is 0 Å². The van der Waals surface area contributed by atoms with Gasteiger partial charge in [0.25, 0.3) is 0 Å². The number of amides is 2. The molecule has 0 spiro atoms. The number of hydrogen-bond acceptors (Lipinski definition) is 3. The first-order valence-electron chi connectivity index (χ1n) is 9.05. The van der Waals surface area contributed by atoms with Crippen LogP contribution in [0, 0.1) is 5.41 Å². The highest BCUT2D eigenvalue weighted by atomic mass is 35.5. The molecule has 1 N–H and O–H groups in total. The van der Waals surface area contributed by atoms with Crippen LogP contribution in [0.5, 0.6) is 5.75 Å². The first-order chi connectivity index (χ1) is 13.3. The predicted molar refractivity (Wildman–Crippen MR) is 112 cm³/mol.